The second kappa shape index (κ2) is 5.17. The van der Waals surface area contributed by atoms with Gasteiger partial charge in [-0.05, 0) is 36.1 Å². The largest absolute Gasteiger partial charge is 0.457 e. The van der Waals surface area contributed by atoms with Crippen molar-refractivity contribution in [2.45, 2.75) is 0 Å². The lowest BCUT2D eigenvalue weighted by molar-refractivity contribution is 0.0949. The van der Waals surface area contributed by atoms with Gasteiger partial charge in [0.05, 0.1) is 11.8 Å². The maximum atomic E-state index is 11.5. The molecule has 0 aliphatic rings. The summed E-state index contributed by atoms with van der Waals surface area (Å²) in [5, 5.41) is 2.79. The van der Waals surface area contributed by atoms with E-state index in [1.165, 1.54) is 6.26 Å². The fourth-order valence-corrected chi connectivity index (χ4v) is 1.36. The van der Waals surface area contributed by atoms with Gasteiger partial charge in [0, 0.05) is 13.1 Å². The molecule has 0 atom stereocenters. The molecule has 0 fully saturated rings. The van der Waals surface area contributed by atoms with Crippen LogP contribution in [0.5, 0.6) is 0 Å². The molecule has 0 saturated carbocycles. The molecule has 78 valence electrons. The molecule has 0 bridgehead atoms. The third-order valence-electron chi connectivity index (χ3n) is 1.71. The van der Waals surface area contributed by atoms with Crippen LogP contribution in [0.25, 0.3) is 0 Å². The van der Waals surface area contributed by atoms with Crippen molar-refractivity contribution in [2.75, 3.05) is 27.2 Å². The first kappa shape index (κ1) is 11.3. The Morgan fingerprint density at radius 1 is 1.64 bits per heavy atom. The molecular formula is C9H13BrN2O2. The lowest BCUT2D eigenvalue weighted by Crippen LogP contribution is -2.31. The highest BCUT2D eigenvalue weighted by Crippen LogP contribution is 2.16. The van der Waals surface area contributed by atoms with Crippen molar-refractivity contribution in [3.8, 4) is 0 Å². The Morgan fingerprint density at radius 3 is 2.86 bits per heavy atom. The van der Waals surface area contributed by atoms with Crippen LogP contribution < -0.4 is 5.32 Å². The minimum atomic E-state index is -0.118. The summed E-state index contributed by atoms with van der Waals surface area (Å²) >= 11 is 3.15. The van der Waals surface area contributed by atoms with Crippen molar-refractivity contribution in [1.82, 2.24) is 10.2 Å². The minimum Gasteiger partial charge on any atom is -0.457 e. The van der Waals surface area contributed by atoms with E-state index in [1.54, 1.807) is 6.07 Å². The van der Waals surface area contributed by atoms with E-state index in [9.17, 15) is 4.79 Å². The van der Waals surface area contributed by atoms with E-state index in [0.717, 1.165) is 6.54 Å². The Labute approximate surface area is 91.4 Å². The molecule has 0 aliphatic heterocycles. The van der Waals surface area contributed by atoms with Crippen LogP contribution >= 0.6 is 15.9 Å². The van der Waals surface area contributed by atoms with E-state index >= 15 is 0 Å². The Kier molecular flexibility index (Phi) is 4.16. The van der Waals surface area contributed by atoms with Gasteiger partial charge >= 0.3 is 0 Å². The molecule has 1 N–H and O–H groups in total. The highest BCUT2D eigenvalue weighted by molar-refractivity contribution is 9.10. The molecule has 0 saturated heterocycles. The number of likely N-dealkylation sites (N-methyl/N-ethyl adjacent to an activating group) is 1. The van der Waals surface area contributed by atoms with E-state index in [-0.39, 0.29) is 5.91 Å². The minimum absolute atomic E-state index is 0.118. The molecule has 14 heavy (non-hydrogen) atoms. The van der Waals surface area contributed by atoms with Crippen molar-refractivity contribution in [3.05, 3.63) is 22.6 Å². The van der Waals surface area contributed by atoms with Gasteiger partial charge in [0.2, 0.25) is 0 Å². The summed E-state index contributed by atoms with van der Waals surface area (Å²) in [5.41, 5.74) is 0.531. The number of amides is 1. The van der Waals surface area contributed by atoms with E-state index < -0.39 is 0 Å². The van der Waals surface area contributed by atoms with Gasteiger partial charge in [0.1, 0.15) is 0 Å². The summed E-state index contributed by atoms with van der Waals surface area (Å²) in [7, 11) is 3.92. The van der Waals surface area contributed by atoms with Crippen molar-refractivity contribution >= 4 is 21.8 Å². The third-order valence-corrected chi connectivity index (χ3v) is 2.32. The quantitative estimate of drug-likeness (QED) is 0.889. The Bertz CT molecular complexity index is 310. The van der Waals surface area contributed by atoms with Crippen LogP contribution in [0.1, 0.15) is 10.4 Å². The first-order valence-electron chi connectivity index (χ1n) is 4.27. The molecule has 4 nitrogen and oxygen atoms in total. The molecule has 1 rings (SSSR count). The van der Waals surface area contributed by atoms with Crippen molar-refractivity contribution in [1.29, 1.82) is 0 Å². The molecule has 0 aromatic carbocycles. The monoisotopic (exact) mass is 260 g/mol. The van der Waals surface area contributed by atoms with Gasteiger partial charge in [-0.2, -0.15) is 0 Å². The van der Waals surface area contributed by atoms with E-state index in [2.05, 4.69) is 21.2 Å². The Balaban J connectivity index is 2.40. The fraction of sp³-hybridized carbons (Fsp3) is 0.444. The Hall–Kier alpha value is -0.810. The summed E-state index contributed by atoms with van der Waals surface area (Å²) in [6, 6.07) is 1.63. The molecule has 0 radical (unpaired) electrons. The number of nitrogens with zero attached hydrogens (tertiary/aromatic N) is 1. The van der Waals surface area contributed by atoms with Crippen molar-refractivity contribution < 1.29 is 9.21 Å². The fourth-order valence-electron chi connectivity index (χ4n) is 0.944. The smallest absolute Gasteiger partial charge is 0.255 e. The number of furan rings is 1. The maximum absolute atomic E-state index is 11.5. The van der Waals surface area contributed by atoms with Crippen LogP contribution in [0.15, 0.2) is 21.4 Å². The van der Waals surface area contributed by atoms with Crippen LogP contribution in [0.3, 0.4) is 0 Å². The van der Waals surface area contributed by atoms with Crippen molar-refractivity contribution in [3.63, 3.8) is 0 Å². The molecule has 1 amide bonds. The van der Waals surface area contributed by atoms with Crippen LogP contribution in [0.2, 0.25) is 0 Å². The lowest BCUT2D eigenvalue weighted by atomic mass is 10.3. The average molecular weight is 261 g/mol. The highest BCUT2D eigenvalue weighted by atomic mass is 79.9. The number of hydrogen-bond donors (Lipinski definition) is 1. The summed E-state index contributed by atoms with van der Waals surface area (Å²) < 4.78 is 5.43. The van der Waals surface area contributed by atoms with E-state index in [1.807, 2.05) is 19.0 Å². The molecule has 1 aromatic rings. The van der Waals surface area contributed by atoms with Gasteiger partial charge < -0.3 is 14.6 Å². The van der Waals surface area contributed by atoms with Gasteiger partial charge in [0.25, 0.3) is 5.91 Å². The van der Waals surface area contributed by atoms with Crippen LogP contribution in [-0.4, -0.2) is 38.0 Å². The SMILES string of the molecule is CN(C)CCNC(=O)c1ccoc1Br. The van der Waals surface area contributed by atoms with Crippen LogP contribution in [-0.2, 0) is 0 Å². The highest BCUT2D eigenvalue weighted by Gasteiger charge is 2.11. The number of rotatable bonds is 4. The topological polar surface area (TPSA) is 45.5 Å². The van der Waals surface area contributed by atoms with Gasteiger partial charge in [0.15, 0.2) is 4.67 Å². The summed E-state index contributed by atoms with van der Waals surface area (Å²) in [5.74, 6) is -0.118. The molecule has 0 spiro atoms. The molecule has 0 unspecified atom stereocenters. The van der Waals surface area contributed by atoms with Crippen LogP contribution in [0.4, 0.5) is 0 Å². The van der Waals surface area contributed by atoms with Gasteiger partial charge in [-0.1, -0.05) is 0 Å². The Morgan fingerprint density at radius 2 is 2.36 bits per heavy atom. The van der Waals surface area contributed by atoms with Gasteiger partial charge in [-0.15, -0.1) is 0 Å². The average Bonchev–Trinajstić information content (AvgIpc) is 2.50. The van der Waals surface area contributed by atoms with Gasteiger partial charge in [-0.3, -0.25) is 4.79 Å². The molecular weight excluding hydrogens is 248 g/mol. The number of carbonyl (C=O) groups is 1. The summed E-state index contributed by atoms with van der Waals surface area (Å²) in [6.07, 6.45) is 1.48. The predicted octanol–water partition coefficient (Wildman–Crippen LogP) is 1.33. The number of carbonyl (C=O) groups excluding carboxylic acids is 1. The first-order valence-corrected chi connectivity index (χ1v) is 5.06. The van der Waals surface area contributed by atoms with Crippen molar-refractivity contribution in [2.24, 2.45) is 0 Å². The maximum Gasteiger partial charge on any atom is 0.255 e. The zero-order chi connectivity index (χ0) is 10.6. The standard InChI is InChI=1S/C9H13BrN2O2/c1-12(2)5-4-11-9(13)7-3-6-14-8(7)10/h3,6H,4-5H2,1-2H3,(H,11,13). The first-order chi connectivity index (χ1) is 6.61. The molecule has 0 aliphatic carbocycles. The second-order valence-corrected chi connectivity index (χ2v) is 3.89. The molecule has 5 heteroatoms. The molecule has 1 heterocycles. The van der Waals surface area contributed by atoms with E-state index in [0.29, 0.717) is 16.8 Å². The normalized spacial score (nSPS) is 10.6. The van der Waals surface area contributed by atoms with E-state index in [4.69, 9.17) is 4.42 Å². The number of nitrogens with one attached hydrogen (secondary N) is 1. The summed E-state index contributed by atoms with van der Waals surface area (Å²) in [6.45, 7) is 1.45. The lowest BCUT2D eigenvalue weighted by Gasteiger charge is -2.09. The molecule has 1 aromatic heterocycles. The van der Waals surface area contributed by atoms with Gasteiger partial charge in [-0.25, -0.2) is 0 Å². The predicted molar refractivity (Wildman–Crippen MR) is 57.3 cm³/mol. The zero-order valence-electron chi connectivity index (χ0n) is 8.21. The second-order valence-electron chi connectivity index (χ2n) is 3.17. The third kappa shape index (κ3) is 3.16. The summed E-state index contributed by atoms with van der Waals surface area (Å²) in [4.78, 5) is 13.5. The van der Waals surface area contributed by atoms with Crippen LogP contribution in [0, 0.1) is 0 Å². The number of halogens is 1. The number of hydrogen-bond acceptors (Lipinski definition) is 3. The zero-order valence-corrected chi connectivity index (χ0v) is 9.80.